The highest BCUT2D eigenvalue weighted by Crippen LogP contribution is 2.10. The minimum Gasteiger partial charge on any atom is -0.347 e. The summed E-state index contributed by atoms with van der Waals surface area (Å²) in [6.45, 7) is 3.27. The third kappa shape index (κ3) is 3.96. The van der Waals surface area contributed by atoms with Crippen LogP contribution in [0.25, 0.3) is 6.08 Å². The van der Waals surface area contributed by atoms with Crippen LogP contribution < -0.4 is 5.32 Å². The molecule has 0 saturated heterocycles. The van der Waals surface area contributed by atoms with E-state index in [1.165, 1.54) is 6.08 Å². The molecule has 0 radical (unpaired) electrons. The van der Waals surface area contributed by atoms with E-state index in [0.717, 1.165) is 17.8 Å². The van der Waals surface area contributed by atoms with Crippen LogP contribution in [0.15, 0.2) is 42.6 Å². The second-order valence-electron chi connectivity index (χ2n) is 4.24. The summed E-state index contributed by atoms with van der Waals surface area (Å²) in [5, 5.41) is 7.66. The van der Waals surface area contributed by atoms with E-state index in [4.69, 9.17) is 11.6 Å². The minimum atomic E-state index is -0.135. The highest BCUT2D eigenvalue weighted by Gasteiger charge is 2.01. The molecule has 0 spiro atoms. The fourth-order valence-electron chi connectivity index (χ4n) is 1.78. The summed E-state index contributed by atoms with van der Waals surface area (Å²) in [6, 6.07) is 9.20. The third-order valence-corrected chi connectivity index (χ3v) is 3.10. The number of amides is 1. The molecule has 0 aliphatic rings. The summed E-state index contributed by atoms with van der Waals surface area (Å²) in [7, 11) is 0. The van der Waals surface area contributed by atoms with Crippen molar-refractivity contribution in [2.45, 2.75) is 20.0 Å². The van der Waals surface area contributed by atoms with Gasteiger partial charge in [0.1, 0.15) is 0 Å². The number of aromatic nitrogens is 2. The zero-order chi connectivity index (χ0) is 14.4. The first kappa shape index (κ1) is 14.3. The van der Waals surface area contributed by atoms with E-state index < -0.39 is 0 Å². The van der Waals surface area contributed by atoms with Crippen molar-refractivity contribution in [3.63, 3.8) is 0 Å². The molecule has 2 aromatic rings. The first-order valence-corrected chi connectivity index (χ1v) is 6.79. The molecule has 104 valence electrons. The first-order valence-electron chi connectivity index (χ1n) is 6.41. The normalized spacial score (nSPS) is 10.9. The topological polar surface area (TPSA) is 46.9 Å². The van der Waals surface area contributed by atoms with Gasteiger partial charge in [0.15, 0.2) is 0 Å². The van der Waals surface area contributed by atoms with Crippen LogP contribution in [-0.4, -0.2) is 15.7 Å². The Labute approximate surface area is 123 Å². The predicted molar refractivity (Wildman–Crippen MR) is 80.2 cm³/mol. The molecule has 0 bridgehead atoms. The van der Waals surface area contributed by atoms with Crippen molar-refractivity contribution in [1.82, 2.24) is 15.1 Å². The molecule has 0 aliphatic carbocycles. The Hall–Kier alpha value is -2.07. The predicted octanol–water partition coefficient (Wildman–Crippen LogP) is 2.89. The maximum atomic E-state index is 11.7. The lowest BCUT2D eigenvalue weighted by atomic mass is 10.2. The van der Waals surface area contributed by atoms with E-state index in [0.29, 0.717) is 11.6 Å². The van der Waals surface area contributed by atoms with Crippen LogP contribution in [0.5, 0.6) is 0 Å². The lowest BCUT2D eigenvalue weighted by Gasteiger charge is -2.04. The van der Waals surface area contributed by atoms with E-state index in [1.807, 2.05) is 29.8 Å². The average Bonchev–Trinajstić information content (AvgIpc) is 2.92. The Morgan fingerprint density at radius 2 is 2.10 bits per heavy atom. The van der Waals surface area contributed by atoms with Gasteiger partial charge >= 0.3 is 0 Å². The van der Waals surface area contributed by atoms with Gasteiger partial charge in [-0.25, -0.2) is 0 Å². The summed E-state index contributed by atoms with van der Waals surface area (Å²) in [5.74, 6) is -0.135. The Kier molecular flexibility index (Phi) is 4.96. The van der Waals surface area contributed by atoms with Gasteiger partial charge in [0, 0.05) is 23.8 Å². The standard InChI is InChI=1S/C15H16ClN3O/c1-2-19-14(9-10-18-19)11-17-15(20)8-5-12-3-6-13(16)7-4-12/h3-10H,2,11H2,1H3,(H,17,20)/b8-5+. The zero-order valence-corrected chi connectivity index (χ0v) is 12.0. The molecule has 1 heterocycles. The van der Waals surface area contributed by atoms with Crippen molar-refractivity contribution < 1.29 is 4.79 Å². The Balaban J connectivity index is 1.88. The maximum absolute atomic E-state index is 11.7. The molecule has 5 heteroatoms. The van der Waals surface area contributed by atoms with Crippen LogP contribution in [0.3, 0.4) is 0 Å². The molecule has 20 heavy (non-hydrogen) atoms. The monoisotopic (exact) mass is 289 g/mol. The van der Waals surface area contributed by atoms with Crippen molar-refractivity contribution >= 4 is 23.6 Å². The van der Waals surface area contributed by atoms with E-state index in [9.17, 15) is 4.79 Å². The number of carbonyl (C=O) groups excluding carboxylic acids is 1. The fraction of sp³-hybridized carbons (Fsp3) is 0.200. The molecule has 4 nitrogen and oxygen atoms in total. The van der Waals surface area contributed by atoms with E-state index >= 15 is 0 Å². The van der Waals surface area contributed by atoms with Crippen LogP contribution in [0.2, 0.25) is 5.02 Å². The molecule has 2 rings (SSSR count). The van der Waals surface area contributed by atoms with E-state index in [1.54, 1.807) is 24.4 Å². The van der Waals surface area contributed by atoms with Gasteiger partial charge in [-0.1, -0.05) is 23.7 Å². The fourth-order valence-corrected chi connectivity index (χ4v) is 1.90. The largest absolute Gasteiger partial charge is 0.347 e. The number of nitrogens with one attached hydrogen (secondary N) is 1. The lowest BCUT2D eigenvalue weighted by molar-refractivity contribution is -0.116. The van der Waals surface area contributed by atoms with Gasteiger partial charge in [-0.05, 0) is 36.8 Å². The molecule has 1 aromatic carbocycles. The number of benzene rings is 1. The number of carbonyl (C=O) groups is 1. The molecule has 0 fully saturated rings. The minimum absolute atomic E-state index is 0.135. The van der Waals surface area contributed by atoms with E-state index in [2.05, 4.69) is 10.4 Å². The summed E-state index contributed by atoms with van der Waals surface area (Å²) < 4.78 is 1.85. The van der Waals surface area contributed by atoms with Crippen LogP contribution in [0, 0.1) is 0 Å². The number of hydrogen-bond donors (Lipinski definition) is 1. The number of rotatable bonds is 5. The van der Waals surface area contributed by atoms with E-state index in [-0.39, 0.29) is 5.91 Å². The molecule has 0 atom stereocenters. The van der Waals surface area contributed by atoms with Gasteiger partial charge in [0.2, 0.25) is 5.91 Å². The van der Waals surface area contributed by atoms with Gasteiger partial charge < -0.3 is 5.32 Å². The Morgan fingerprint density at radius 3 is 2.80 bits per heavy atom. The lowest BCUT2D eigenvalue weighted by Crippen LogP contribution is -2.22. The van der Waals surface area contributed by atoms with Crippen LogP contribution >= 0.6 is 11.6 Å². The number of nitrogens with zero attached hydrogens (tertiary/aromatic N) is 2. The highest BCUT2D eigenvalue weighted by atomic mass is 35.5. The third-order valence-electron chi connectivity index (χ3n) is 2.84. The average molecular weight is 290 g/mol. The van der Waals surface area contributed by atoms with Crippen molar-refractivity contribution in [1.29, 1.82) is 0 Å². The molecule has 0 saturated carbocycles. The van der Waals surface area contributed by atoms with Gasteiger partial charge in [0.05, 0.1) is 12.2 Å². The molecule has 0 aliphatic heterocycles. The summed E-state index contributed by atoms with van der Waals surface area (Å²) in [6.07, 6.45) is 4.99. The molecular weight excluding hydrogens is 274 g/mol. The smallest absolute Gasteiger partial charge is 0.244 e. The summed E-state index contributed by atoms with van der Waals surface area (Å²) >= 11 is 5.80. The number of hydrogen-bond acceptors (Lipinski definition) is 2. The number of halogens is 1. The van der Waals surface area contributed by atoms with Crippen molar-refractivity contribution in [2.75, 3.05) is 0 Å². The van der Waals surface area contributed by atoms with Crippen LogP contribution in [0.4, 0.5) is 0 Å². The van der Waals surface area contributed by atoms with Crippen LogP contribution in [-0.2, 0) is 17.9 Å². The quantitative estimate of drug-likeness (QED) is 0.860. The second kappa shape index (κ2) is 6.91. The first-order chi connectivity index (χ1) is 9.69. The van der Waals surface area contributed by atoms with Crippen molar-refractivity contribution in [3.8, 4) is 0 Å². The van der Waals surface area contributed by atoms with Gasteiger partial charge in [0.25, 0.3) is 0 Å². The maximum Gasteiger partial charge on any atom is 0.244 e. The SMILES string of the molecule is CCn1nccc1CNC(=O)/C=C/c1ccc(Cl)cc1. The van der Waals surface area contributed by atoms with Crippen LogP contribution in [0.1, 0.15) is 18.2 Å². The van der Waals surface area contributed by atoms with Crippen molar-refractivity contribution in [2.24, 2.45) is 0 Å². The van der Waals surface area contributed by atoms with Gasteiger partial charge in [-0.2, -0.15) is 5.10 Å². The second-order valence-corrected chi connectivity index (χ2v) is 4.68. The molecule has 0 unspecified atom stereocenters. The molecule has 1 N–H and O–H groups in total. The molecule has 1 amide bonds. The summed E-state index contributed by atoms with van der Waals surface area (Å²) in [4.78, 5) is 11.7. The molecular formula is C15H16ClN3O. The molecule has 1 aromatic heterocycles. The highest BCUT2D eigenvalue weighted by molar-refractivity contribution is 6.30. The summed E-state index contributed by atoms with van der Waals surface area (Å²) in [5.41, 5.74) is 1.92. The van der Waals surface area contributed by atoms with Crippen molar-refractivity contribution in [3.05, 3.63) is 58.9 Å². The van der Waals surface area contributed by atoms with Gasteiger partial charge in [-0.3, -0.25) is 9.48 Å². The number of aryl methyl sites for hydroxylation is 1. The Bertz CT molecular complexity index is 602. The van der Waals surface area contributed by atoms with Gasteiger partial charge in [-0.15, -0.1) is 0 Å². The zero-order valence-electron chi connectivity index (χ0n) is 11.2. The Morgan fingerprint density at radius 1 is 1.35 bits per heavy atom.